The number of nitrogens with zero attached hydrogens (tertiary/aromatic N) is 3. The van der Waals surface area contributed by atoms with E-state index >= 15 is 0 Å². The van der Waals surface area contributed by atoms with Gasteiger partial charge in [0.2, 0.25) is 0 Å². The Hall–Kier alpha value is -3.20. The van der Waals surface area contributed by atoms with E-state index < -0.39 is 11.9 Å². The maximum Gasteiger partial charge on any atom is 0.414 e. The molecule has 2 aromatic heterocycles. The van der Waals surface area contributed by atoms with E-state index in [-0.39, 0.29) is 5.91 Å². The van der Waals surface area contributed by atoms with Crippen molar-refractivity contribution in [2.24, 2.45) is 0 Å². The minimum absolute atomic E-state index is 0.0152. The molecule has 0 spiro atoms. The molecule has 3 heterocycles. The zero-order valence-electron chi connectivity index (χ0n) is 13.9. The number of piperazine rings is 1. The van der Waals surface area contributed by atoms with Crippen molar-refractivity contribution in [1.29, 1.82) is 0 Å². The van der Waals surface area contributed by atoms with Crippen LogP contribution >= 0.6 is 0 Å². The fourth-order valence-corrected chi connectivity index (χ4v) is 2.41. The Morgan fingerprint density at radius 3 is 2.12 bits per heavy atom. The highest BCUT2D eigenvalue weighted by Gasteiger charge is 2.23. The molecule has 1 fully saturated rings. The number of carbonyl (C=O) groups excluding carboxylic acids is 1. The lowest BCUT2D eigenvalue weighted by molar-refractivity contribution is -0.159. The molecule has 0 bridgehead atoms. The van der Waals surface area contributed by atoms with Crippen LogP contribution in [-0.2, 0) is 16.1 Å². The predicted molar refractivity (Wildman–Crippen MR) is 89.4 cm³/mol. The summed E-state index contributed by atoms with van der Waals surface area (Å²) in [6.45, 7) is 4.16. The Bertz CT molecular complexity index is 712. The molecule has 0 aliphatic carbocycles. The summed E-state index contributed by atoms with van der Waals surface area (Å²) in [5, 5.41) is 14.8. The van der Waals surface area contributed by atoms with Gasteiger partial charge in [-0.1, -0.05) is 0 Å². The molecule has 2 N–H and O–H groups in total. The van der Waals surface area contributed by atoms with E-state index in [0.29, 0.717) is 5.76 Å². The van der Waals surface area contributed by atoms with Gasteiger partial charge in [-0.3, -0.25) is 14.7 Å². The summed E-state index contributed by atoms with van der Waals surface area (Å²) in [6.07, 6.45) is 5.16. The first-order chi connectivity index (χ1) is 12.5. The lowest BCUT2D eigenvalue weighted by atomic mass is 10.2. The summed E-state index contributed by atoms with van der Waals surface area (Å²) in [6, 6.07) is 7.51. The molecule has 138 valence electrons. The molecule has 9 heteroatoms. The Balaban J connectivity index is 0.000000352. The molecular formula is C17H19N3O6. The van der Waals surface area contributed by atoms with Crippen molar-refractivity contribution >= 4 is 17.8 Å². The van der Waals surface area contributed by atoms with Gasteiger partial charge in [0.05, 0.1) is 6.26 Å². The van der Waals surface area contributed by atoms with E-state index in [4.69, 9.17) is 24.2 Å². The topological polar surface area (TPSA) is 124 Å². The third-order valence-electron chi connectivity index (χ3n) is 3.73. The number of carboxylic acid groups (broad SMARTS) is 2. The van der Waals surface area contributed by atoms with Crippen molar-refractivity contribution in [3.05, 3.63) is 54.2 Å². The lowest BCUT2D eigenvalue weighted by Crippen LogP contribution is -2.48. The highest BCUT2D eigenvalue weighted by Crippen LogP contribution is 2.11. The zero-order chi connectivity index (χ0) is 18.9. The summed E-state index contributed by atoms with van der Waals surface area (Å²) < 4.78 is 5.16. The van der Waals surface area contributed by atoms with Crippen LogP contribution in [-0.4, -0.2) is 69.0 Å². The smallest absolute Gasteiger partial charge is 0.414 e. The third-order valence-corrected chi connectivity index (χ3v) is 3.73. The number of furan rings is 1. The number of carboxylic acids is 2. The first-order valence-corrected chi connectivity index (χ1v) is 7.87. The molecule has 0 unspecified atom stereocenters. The molecule has 2 aromatic rings. The molecule has 1 aliphatic heterocycles. The van der Waals surface area contributed by atoms with Gasteiger partial charge in [0, 0.05) is 45.1 Å². The molecule has 0 saturated carbocycles. The molecule has 1 saturated heterocycles. The van der Waals surface area contributed by atoms with E-state index in [0.717, 1.165) is 32.7 Å². The minimum Gasteiger partial charge on any atom is -0.473 e. The van der Waals surface area contributed by atoms with Gasteiger partial charge in [-0.05, 0) is 29.8 Å². The number of carbonyl (C=O) groups is 3. The summed E-state index contributed by atoms with van der Waals surface area (Å²) >= 11 is 0. The fourth-order valence-electron chi connectivity index (χ4n) is 2.41. The number of hydrogen-bond donors (Lipinski definition) is 2. The van der Waals surface area contributed by atoms with Crippen molar-refractivity contribution in [1.82, 2.24) is 14.8 Å². The first-order valence-electron chi connectivity index (χ1n) is 7.87. The highest BCUT2D eigenvalue weighted by molar-refractivity contribution is 6.27. The molecule has 26 heavy (non-hydrogen) atoms. The molecular weight excluding hydrogens is 342 g/mol. The van der Waals surface area contributed by atoms with E-state index in [1.54, 1.807) is 12.1 Å². The standard InChI is InChI=1S/C15H17N3O2.C2H2O4/c19-15(14-2-1-11-20-14)18-9-7-17(8-10-18)12-13-3-5-16-6-4-13;3-1(4)2(5)6/h1-6,11H,7-10,12H2;(H,3,4)(H,5,6). The van der Waals surface area contributed by atoms with Crippen LogP contribution in [0.15, 0.2) is 47.3 Å². The fraction of sp³-hybridized carbons (Fsp3) is 0.294. The molecule has 1 aliphatic rings. The van der Waals surface area contributed by atoms with Gasteiger partial charge >= 0.3 is 11.9 Å². The van der Waals surface area contributed by atoms with Crippen LogP contribution in [0.25, 0.3) is 0 Å². The van der Waals surface area contributed by atoms with Crippen molar-refractivity contribution in [3.8, 4) is 0 Å². The highest BCUT2D eigenvalue weighted by atomic mass is 16.4. The molecule has 1 amide bonds. The zero-order valence-corrected chi connectivity index (χ0v) is 13.9. The van der Waals surface area contributed by atoms with Gasteiger partial charge in [0.1, 0.15) is 0 Å². The molecule has 3 rings (SSSR count). The van der Waals surface area contributed by atoms with Gasteiger partial charge in [0.15, 0.2) is 5.76 Å². The second kappa shape index (κ2) is 9.33. The predicted octanol–water partition coefficient (Wildman–Crippen LogP) is 0.788. The van der Waals surface area contributed by atoms with Gasteiger partial charge in [-0.2, -0.15) is 0 Å². The van der Waals surface area contributed by atoms with Crippen molar-refractivity contribution < 1.29 is 29.0 Å². The second-order valence-electron chi connectivity index (χ2n) is 5.51. The SMILES string of the molecule is O=C(O)C(=O)O.O=C(c1ccco1)N1CCN(Cc2ccncc2)CC1. The van der Waals surface area contributed by atoms with Crippen LogP contribution in [0, 0.1) is 0 Å². The quantitative estimate of drug-likeness (QED) is 0.769. The van der Waals surface area contributed by atoms with Crippen molar-refractivity contribution in [3.63, 3.8) is 0 Å². The molecule has 9 nitrogen and oxygen atoms in total. The Morgan fingerprint density at radius 1 is 1.00 bits per heavy atom. The first kappa shape index (κ1) is 19.1. The lowest BCUT2D eigenvalue weighted by Gasteiger charge is -2.34. The van der Waals surface area contributed by atoms with Crippen molar-refractivity contribution in [2.75, 3.05) is 26.2 Å². The number of pyridine rings is 1. The largest absolute Gasteiger partial charge is 0.473 e. The summed E-state index contributed by atoms with van der Waals surface area (Å²) in [5.74, 6) is -3.24. The number of aromatic nitrogens is 1. The normalized spacial score (nSPS) is 14.2. The van der Waals surface area contributed by atoms with Crippen LogP contribution in [0.4, 0.5) is 0 Å². The number of amides is 1. The van der Waals surface area contributed by atoms with E-state index in [1.165, 1.54) is 11.8 Å². The van der Waals surface area contributed by atoms with Crippen LogP contribution in [0.5, 0.6) is 0 Å². The monoisotopic (exact) mass is 361 g/mol. The molecule has 0 radical (unpaired) electrons. The summed E-state index contributed by atoms with van der Waals surface area (Å²) in [5.41, 5.74) is 1.26. The maximum absolute atomic E-state index is 12.1. The van der Waals surface area contributed by atoms with Crippen LogP contribution in [0.3, 0.4) is 0 Å². The van der Waals surface area contributed by atoms with Crippen molar-refractivity contribution in [2.45, 2.75) is 6.54 Å². The third kappa shape index (κ3) is 5.71. The maximum atomic E-state index is 12.1. The molecule has 0 aromatic carbocycles. The van der Waals surface area contributed by atoms with Crippen LogP contribution in [0.2, 0.25) is 0 Å². The van der Waals surface area contributed by atoms with Crippen LogP contribution < -0.4 is 0 Å². The minimum atomic E-state index is -1.82. The van der Waals surface area contributed by atoms with Gasteiger partial charge < -0.3 is 19.5 Å². The van der Waals surface area contributed by atoms with E-state index in [1.807, 2.05) is 29.4 Å². The Morgan fingerprint density at radius 2 is 1.62 bits per heavy atom. The second-order valence-corrected chi connectivity index (χ2v) is 5.51. The van der Waals surface area contributed by atoms with Gasteiger partial charge in [-0.25, -0.2) is 9.59 Å². The average molecular weight is 361 g/mol. The van der Waals surface area contributed by atoms with E-state index in [2.05, 4.69) is 9.88 Å². The van der Waals surface area contributed by atoms with Gasteiger partial charge in [0.25, 0.3) is 5.91 Å². The van der Waals surface area contributed by atoms with E-state index in [9.17, 15) is 4.79 Å². The van der Waals surface area contributed by atoms with Gasteiger partial charge in [-0.15, -0.1) is 0 Å². The number of rotatable bonds is 3. The summed E-state index contributed by atoms with van der Waals surface area (Å²) in [7, 11) is 0. The Labute approximate surface area is 149 Å². The Kier molecular flexibility index (Phi) is 6.86. The number of hydrogen-bond acceptors (Lipinski definition) is 6. The average Bonchev–Trinajstić information content (AvgIpc) is 3.18. The molecule has 0 atom stereocenters. The number of aliphatic carboxylic acids is 2. The van der Waals surface area contributed by atoms with Crippen LogP contribution in [0.1, 0.15) is 16.1 Å². The summed E-state index contributed by atoms with van der Waals surface area (Å²) in [4.78, 5) is 38.5.